The van der Waals surface area contributed by atoms with Crippen molar-refractivity contribution < 1.29 is 23.9 Å². The third-order valence-corrected chi connectivity index (χ3v) is 4.04. The monoisotopic (exact) mass is 389 g/mol. The van der Waals surface area contributed by atoms with E-state index in [0.717, 1.165) is 5.56 Å². The summed E-state index contributed by atoms with van der Waals surface area (Å²) in [5, 5.41) is 2.80. The summed E-state index contributed by atoms with van der Waals surface area (Å²) < 4.78 is 10.5. The number of anilines is 1. The topological polar surface area (TPSA) is 81.7 Å². The fourth-order valence-electron chi connectivity index (χ4n) is 2.53. The third-order valence-electron chi connectivity index (χ3n) is 4.04. The standard InChI is InChI=1S/C23H19NO5/c25-14-19-6-4-5-9-21(19)28-16-22(26)29-15-17-10-12-18(13-11-17)23(27)24-20-7-2-1-3-8-20/h1-14H,15-16H2,(H,24,27). The maximum Gasteiger partial charge on any atom is 0.344 e. The molecule has 0 aliphatic rings. The Bertz CT molecular complexity index is 984. The van der Waals surface area contributed by atoms with Crippen molar-refractivity contribution in [1.82, 2.24) is 0 Å². The summed E-state index contributed by atoms with van der Waals surface area (Å²) in [6.07, 6.45) is 0.663. The quantitative estimate of drug-likeness (QED) is 0.467. The lowest BCUT2D eigenvalue weighted by molar-refractivity contribution is -0.147. The van der Waals surface area contributed by atoms with Gasteiger partial charge in [-0.2, -0.15) is 0 Å². The van der Waals surface area contributed by atoms with E-state index in [0.29, 0.717) is 28.8 Å². The van der Waals surface area contributed by atoms with Gasteiger partial charge in [0.15, 0.2) is 12.9 Å². The van der Waals surface area contributed by atoms with Gasteiger partial charge in [-0.25, -0.2) is 4.79 Å². The van der Waals surface area contributed by atoms with E-state index in [1.54, 1.807) is 60.7 Å². The number of aldehydes is 1. The molecule has 0 saturated carbocycles. The average molecular weight is 389 g/mol. The molecule has 0 unspecified atom stereocenters. The SMILES string of the molecule is O=Cc1ccccc1OCC(=O)OCc1ccc(C(=O)Nc2ccccc2)cc1. The van der Waals surface area contributed by atoms with Crippen LogP contribution in [0.4, 0.5) is 5.69 Å². The average Bonchev–Trinajstić information content (AvgIpc) is 2.77. The van der Waals surface area contributed by atoms with E-state index in [9.17, 15) is 14.4 Å². The number of hydrogen-bond acceptors (Lipinski definition) is 5. The largest absolute Gasteiger partial charge is 0.481 e. The fraction of sp³-hybridized carbons (Fsp3) is 0.0870. The molecule has 3 rings (SSSR count). The Hall–Kier alpha value is -3.93. The van der Waals surface area contributed by atoms with Crippen molar-refractivity contribution in [2.45, 2.75) is 6.61 Å². The molecule has 1 N–H and O–H groups in total. The zero-order chi connectivity index (χ0) is 20.5. The molecule has 6 nitrogen and oxygen atoms in total. The second-order valence-corrected chi connectivity index (χ2v) is 6.12. The van der Waals surface area contributed by atoms with Crippen LogP contribution in [-0.4, -0.2) is 24.8 Å². The van der Waals surface area contributed by atoms with Crippen LogP contribution in [0.25, 0.3) is 0 Å². The first-order valence-corrected chi connectivity index (χ1v) is 8.93. The Morgan fingerprint density at radius 1 is 0.862 bits per heavy atom. The maximum atomic E-state index is 12.2. The summed E-state index contributed by atoms with van der Waals surface area (Å²) in [6, 6.07) is 22.6. The van der Waals surface area contributed by atoms with Crippen molar-refractivity contribution in [2.75, 3.05) is 11.9 Å². The summed E-state index contributed by atoms with van der Waals surface area (Å²) in [5.41, 5.74) is 2.32. The number of nitrogens with one attached hydrogen (secondary N) is 1. The molecule has 29 heavy (non-hydrogen) atoms. The molecule has 0 aliphatic heterocycles. The van der Waals surface area contributed by atoms with Gasteiger partial charge in [-0.15, -0.1) is 0 Å². The van der Waals surface area contributed by atoms with Gasteiger partial charge in [0, 0.05) is 11.3 Å². The van der Waals surface area contributed by atoms with E-state index in [4.69, 9.17) is 9.47 Å². The van der Waals surface area contributed by atoms with Gasteiger partial charge in [-0.05, 0) is 42.0 Å². The molecule has 146 valence electrons. The second-order valence-electron chi connectivity index (χ2n) is 6.12. The summed E-state index contributed by atoms with van der Waals surface area (Å²) in [5.74, 6) is -0.452. The highest BCUT2D eigenvalue weighted by Gasteiger charge is 2.09. The number of carbonyl (C=O) groups excluding carboxylic acids is 3. The second kappa shape index (κ2) is 9.85. The van der Waals surface area contributed by atoms with Gasteiger partial charge in [0.05, 0.1) is 5.56 Å². The molecule has 1 amide bonds. The van der Waals surface area contributed by atoms with Crippen molar-refractivity contribution in [2.24, 2.45) is 0 Å². The number of benzene rings is 3. The molecule has 0 aromatic heterocycles. The summed E-state index contributed by atoms with van der Waals surface area (Å²) in [4.78, 5) is 35.0. The first-order chi connectivity index (χ1) is 14.2. The van der Waals surface area contributed by atoms with Gasteiger partial charge in [-0.3, -0.25) is 9.59 Å². The van der Waals surface area contributed by atoms with Crippen molar-refractivity contribution in [1.29, 1.82) is 0 Å². The van der Waals surface area contributed by atoms with Crippen LogP contribution < -0.4 is 10.1 Å². The molecule has 0 radical (unpaired) electrons. The minimum Gasteiger partial charge on any atom is -0.481 e. The van der Waals surface area contributed by atoms with Gasteiger partial charge in [0.25, 0.3) is 5.91 Å². The minimum atomic E-state index is -0.559. The van der Waals surface area contributed by atoms with Crippen LogP contribution in [0, 0.1) is 0 Å². The van der Waals surface area contributed by atoms with Crippen LogP contribution in [0.1, 0.15) is 26.3 Å². The van der Waals surface area contributed by atoms with E-state index in [1.807, 2.05) is 18.2 Å². The number of hydrogen-bond donors (Lipinski definition) is 1. The highest BCUT2D eigenvalue weighted by atomic mass is 16.6. The summed E-state index contributed by atoms with van der Waals surface area (Å²) in [7, 11) is 0. The molecule has 0 fully saturated rings. The molecule has 0 heterocycles. The molecule has 3 aromatic rings. The van der Waals surface area contributed by atoms with Gasteiger partial charge < -0.3 is 14.8 Å². The van der Waals surface area contributed by atoms with E-state index in [1.165, 1.54) is 0 Å². The number of esters is 1. The predicted molar refractivity (Wildman–Crippen MR) is 108 cm³/mol. The predicted octanol–water partition coefficient (Wildman–Crippen LogP) is 3.87. The Morgan fingerprint density at radius 3 is 2.28 bits per heavy atom. The normalized spacial score (nSPS) is 10.1. The zero-order valence-corrected chi connectivity index (χ0v) is 15.5. The molecular formula is C23H19NO5. The lowest BCUT2D eigenvalue weighted by atomic mass is 10.1. The Morgan fingerprint density at radius 2 is 1.55 bits per heavy atom. The van der Waals surface area contributed by atoms with Gasteiger partial charge in [-0.1, -0.05) is 42.5 Å². The lowest BCUT2D eigenvalue weighted by Gasteiger charge is -2.09. The Balaban J connectivity index is 1.47. The highest BCUT2D eigenvalue weighted by molar-refractivity contribution is 6.04. The van der Waals surface area contributed by atoms with Gasteiger partial charge >= 0.3 is 5.97 Å². The van der Waals surface area contributed by atoms with Crippen LogP contribution in [0.5, 0.6) is 5.75 Å². The zero-order valence-electron chi connectivity index (χ0n) is 15.5. The molecule has 0 atom stereocenters. The first kappa shape index (κ1) is 19.8. The van der Waals surface area contributed by atoms with E-state index in [-0.39, 0.29) is 19.1 Å². The minimum absolute atomic E-state index is 0.0537. The number of carbonyl (C=O) groups is 3. The number of amides is 1. The first-order valence-electron chi connectivity index (χ1n) is 8.93. The molecule has 6 heteroatoms. The highest BCUT2D eigenvalue weighted by Crippen LogP contribution is 2.15. The number of ether oxygens (including phenoxy) is 2. The Kier molecular flexibility index (Phi) is 6.73. The van der Waals surface area contributed by atoms with Crippen LogP contribution in [0.3, 0.4) is 0 Å². The number of rotatable bonds is 8. The maximum absolute atomic E-state index is 12.2. The summed E-state index contributed by atoms with van der Waals surface area (Å²) in [6.45, 7) is -0.249. The van der Waals surface area contributed by atoms with Crippen molar-refractivity contribution >= 4 is 23.9 Å². The number of para-hydroxylation sites is 2. The molecule has 0 bridgehead atoms. The lowest BCUT2D eigenvalue weighted by Crippen LogP contribution is -2.15. The van der Waals surface area contributed by atoms with E-state index >= 15 is 0 Å². The van der Waals surface area contributed by atoms with Crippen molar-refractivity contribution in [3.8, 4) is 5.75 Å². The van der Waals surface area contributed by atoms with E-state index < -0.39 is 5.97 Å². The molecule has 3 aromatic carbocycles. The smallest absolute Gasteiger partial charge is 0.344 e. The van der Waals surface area contributed by atoms with Gasteiger partial charge in [0.2, 0.25) is 0 Å². The van der Waals surface area contributed by atoms with Gasteiger partial charge in [0.1, 0.15) is 12.4 Å². The van der Waals surface area contributed by atoms with Crippen LogP contribution in [0.2, 0.25) is 0 Å². The van der Waals surface area contributed by atoms with Crippen LogP contribution in [-0.2, 0) is 16.1 Å². The third kappa shape index (κ3) is 5.77. The fourth-order valence-corrected chi connectivity index (χ4v) is 2.53. The van der Waals surface area contributed by atoms with E-state index in [2.05, 4.69) is 5.32 Å². The van der Waals surface area contributed by atoms with Crippen LogP contribution in [0.15, 0.2) is 78.9 Å². The summed E-state index contributed by atoms with van der Waals surface area (Å²) >= 11 is 0. The molecule has 0 aliphatic carbocycles. The van der Waals surface area contributed by atoms with Crippen molar-refractivity contribution in [3.63, 3.8) is 0 Å². The molecule has 0 spiro atoms. The molecule has 0 saturated heterocycles. The Labute approximate surface area is 168 Å². The molecular weight excluding hydrogens is 370 g/mol. The van der Waals surface area contributed by atoms with Crippen LogP contribution >= 0.6 is 0 Å². The van der Waals surface area contributed by atoms with Crippen molar-refractivity contribution in [3.05, 3.63) is 95.6 Å².